The first kappa shape index (κ1) is 18.3. The molecular weight excluding hydrogens is 419 g/mol. The van der Waals surface area contributed by atoms with Crippen LogP contribution in [0.5, 0.6) is 0 Å². The molecule has 0 bridgehead atoms. The minimum Gasteiger partial charge on any atom is -0.272 e. The summed E-state index contributed by atoms with van der Waals surface area (Å²) in [6.07, 6.45) is 1.53. The van der Waals surface area contributed by atoms with E-state index in [1.165, 1.54) is 18.0 Å². The van der Waals surface area contributed by atoms with E-state index in [-0.39, 0.29) is 5.91 Å². The predicted molar refractivity (Wildman–Crippen MR) is 103 cm³/mol. The average molecular weight is 432 g/mol. The van der Waals surface area contributed by atoms with E-state index in [9.17, 15) is 4.79 Å². The van der Waals surface area contributed by atoms with Crippen molar-refractivity contribution in [1.82, 2.24) is 5.43 Å². The molecule has 0 spiro atoms. The van der Waals surface area contributed by atoms with E-state index in [0.29, 0.717) is 15.8 Å². The van der Waals surface area contributed by atoms with E-state index < -0.39 is 0 Å². The van der Waals surface area contributed by atoms with E-state index in [0.717, 1.165) is 21.4 Å². The summed E-state index contributed by atoms with van der Waals surface area (Å²) < 4.78 is 1.05. The molecule has 0 saturated heterocycles. The van der Waals surface area contributed by atoms with Crippen LogP contribution in [-0.4, -0.2) is 17.9 Å². The number of carbonyl (C=O) groups excluding carboxylic acids is 1. The zero-order chi connectivity index (χ0) is 16.7. The van der Waals surface area contributed by atoms with Crippen molar-refractivity contribution < 1.29 is 4.79 Å². The van der Waals surface area contributed by atoms with Gasteiger partial charge in [0, 0.05) is 10.2 Å². The normalized spacial score (nSPS) is 10.9. The molecule has 0 saturated carbocycles. The van der Waals surface area contributed by atoms with Gasteiger partial charge in [-0.1, -0.05) is 63.4 Å². The number of thioether (sulfide) groups is 1. The highest BCUT2D eigenvalue weighted by Crippen LogP contribution is 2.22. The number of hydrazone groups is 1. The summed E-state index contributed by atoms with van der Waals surface area (Å²) >= 11 is 16.7. The van der Waals surface area contributed by atoms with Crippen LogP contribution < -0.4 is 5.43 Å². The lowest BCUT2D eigenvalue weighted by atomic mass is 10.2. The van der Waals surface area contributed by atoms with E-state index in [2.05, 4.69) is 26.5 Å². The Bertz CT molecular complexity index is 725. The molecule has 7 heteroatoms. The third-order valence-electron chi connectivity index (χ3n) is 2.80. The number of carbonyl (C=O) groups is 1. The van der Waals surface area contributed by atoms with Crippen LogP contribution in [0.2, 0.25) is 10.0 Å². The molecule has 0 aromatic heterocycles. The molecule has 0 heterocycles. The van der Waals surface area contributed by atoms with Crippen LogP contribution in [0.15, 0.2) is 52.0 Å². The fourth-order valence-corrected chi connectivity index (χ4v) is 3.41. The first-order valence-corrected chi connectivity index (χ1v) is 9.35. The third kappa shape index (κ3) is 6.18. The topological polar surface area (TPSA) is 41.5 Å². The van der Waals surface area contributed by atoms with Crippen LogP contribution >= 0.6 is 50.9 Å². The largest absolute Gasteiger partial charge is 0.272 e. The quantitative estimate of drug-likeness (QED) is 0.508. The van der Waals surface area contributed by atoms with Crippen molar-refractivity contribution in [2.45, 2.75) is 5.75 Å². The molecule has 0 radical (unpaired) electrons. The maximum atomic E-state index is 11.7. The second-order valence-corrected chi connectivity index (χ2v) is 7.21. The lowest BCUT2D eigenvalue weighted by molar-refractivity contribution is -0.118. The first-order chi connectivity index (χ1) is 11.1. The van der Waals surface area contributed by atoms with E-state index in [4.69, 9.17) is 23.2 Å². The number of rotatable bonds is 6. The number of nitrogens with zero attached hydrogens (tertiary/aromatic N) is 1. The lowest BCUT2D eigenvalue weighted by Crippen LogP contribution is -2.19. The van der Waals surface area contributed by atoms with E-state index >= 15 is 0 Å². The molecule has 120 valence electrons. The second kappa shape index (κ2) is 9.33. The van der Waals surface area contributed by atoms with Gasteiger partial charge in [-0.2, -0.15) is 5.10 Å². The SMILES string of the molecule is O=C(CSCc1ccccc1Br)N/N=C/c1ccc(Cl)c(Cl)c1. The van der Waals surface area contributed by atoms with E-state index in [1.807, 2.05) is 24.3 Å². The fourth-order valence-electron chi connectivity index (χ4n) is 1.67. The van der Waals surface area contributed by atoms with Crippen molar-refractivity contribution in [3.05, 3.63) is 68.1 Å². The third-order valence-corrected chi connectivity index (χ3v) is 5.29. The lowest BCUT2D eigenvalue weighted by Gasteiger charge is -2.03. The smallest absolute Gasteiger partial charge is 0.250 e. The average Bonchev–Trinajstić information content (AvgIpc) is 2.53. The molecule has 2 aromatic rings. The molecule has 0 atom stereocenters. The molecule has 1 amide bonds. The Labute approximate surface area is 157 Å². The zero-order valence-corrected chi connectivity index (χ0v) is 15.8. The van der Waals surface area contributed by atoms with Crippen molar-refractivity contribution >= 4 is 63.0 Å². The van der Waals surface area contributed by atoms with E-state index in [1.54, 1.807) is 18.2 Å². The summed E-state index contributed by atoms with van der Waals surface area (Å²) in [5.74, 6) is 0.934. The van der Waals surface area contributed by atoms with Crippen molar-refractivity contribution in [2.24, 2.45) is 5.10 Å². The zero-order valence-electron chi connectivity index (χ0n) is 11.9. The van der Waals surface area contributed by atoms with Gasteiger partial charge in [-0.3, -0.25) is 4.79 Å². The molecule has 2 aromatic carbocycles. The van der Waals surface area contributed by atoms with Gasteiger partial charge in [-0.15, -0.1) is 11.8 Å². The maximum Gasteiger partial charge on any atom is 0.250 e. The minimum atomic E-state index is -0.154. The highest BCUT2D eigenvalue weighted by Gasteiger charge is 2.03. The number of halogens is 3. The van der Waals surface area contributed by atoms with Gasteiger partial charge in [0.1, 0.15) is 0 Å². The Morgan fingerprint density at radius 2 is 2.00 bits per heavy atom. The number of benzene rings is 2. The Morgan fingerprint density at radius 3 is 2.74 bits per heavy atom. The van der Waals surface area contributed by atoms with Crippen LogP contribution in [-0.2, 0) is 10.5 Å². The summed E-state index contributed by atoms with van der Waals surface area (Å²) in [7, 11) is 0. The molecular formula is C16H13BrCl2N2OS. The summed E-state index contributed by atoms with van der Waals surface area (Å²) in [6, 6.07) is 13.1. The van der Waals surface area contributed by atoms with Gasteiger partial charge in [0.15, 0.2) is 0 Å². The molecule has 3 nitrogen and oxygen atoms in total. The van der Waals surface area contributed by atoms with Crippen LogP contribution in [0.4, 0.5) is 0 Å². The maximum absolute atomic E-state index is 11.7. The molecule has 2 rings (SSSR count). The summed E-state index contributed by atoms with van der Waals surface area (Å²) in [4.78, 5) is 11.7. The molecule has 0 fully saturated rings. The molecule has 0 aliphatic heterocycles. The summed E-state index contributed by atoms with van der Waals surface area (Å²) in [6.45, 7) is 0. The molecule has 1 N–H and O–H groups in total. The highest BCUT2D eigenvalue weighted by molar-refractivity contribution is 9.10. The van der Waals surface area contributed by atoms with Crippen molar-refractivity contribution in [3.63, 3.8) is 0 Å². The Balaban J connectivity index is 1.75. The predicted octanol–water partition coefficient (Wildman–Crippen LogP) is 5.14. The van der Waals surface area contributed by atoms with Gasteiger partial charge in [0.05, 0.1) is 22.0 Å². The highest BCUT2D eigenvalue weighted by atomic mass is 79.9. The number of hydrogen-bond donors (Lipinski definition) is 1. The molecule has 0 aliphatic carbocycles. The Kier molecular flexibility index (Phi) is 7.43. The van der Waals surface area contributed by atoms with Crippen molar-refractivity contribution in [1.29, 1.82) is 0 Å². The van der Waals surface area contributed by atoms with Crippen LogP contribution in [0.3, 0.4) is 0 Å². The van der Waals surface area contributed by atoms with Gasteiger partial charge in [-0.05, 0) is 29.3 Å². The van der Waals surface area contributed by atoms with Gasteiger partial charge < -0.3 is 0 Å². The monoisotopic (exact) mass is 430 g/mol. The van der Waals surface area contributed by atoms with Crippen LogP contribution in [0.1, 0.15) is 11.1 Å². The van der Waals surface area contributed by atoms with Gasteiger partial charge >= 0.3 is 0 Å². The van der Waals surface area contributed by atoms with Gasteiger partial charge in [-0.25, -0.2) is 5.43 Å². The van der Waals surface area contributed by atoms with Crippen LogP contribution in [0.25, 0.3) is 0 Å². The second-order valence-electron chi connectivity index (χ2n) is 4.55. The van der Waals surface area contributed by atoms with Gasteiger partial charge in [0.2, 0.25) is 5.91 Å². The number of amides is 1. The standard InChI is InChI=1S/C16H13BrCl2N2OS/c17-13-4-2-1-3-12(13)9-23-10-16(22)21-20-8-11-5-6-14(18)15(19)7-11/h1-8H,9-10H2,(H,21,22)/b20-8+. The molecule has 0 unspecified atom stereocenters. The summed E-state index contributed by atoms with van der Waals surface area (Å²) in [5, 5.41) is 4.84. The molecule has 23 heavy (non-hydrogen) atoms. The minimum absolute atomic E-state index is 0.154. The Morgan fingerprint density at radius 1 is 1.22 bits per heavy atom. The summed E-state index contributed by atoms with van der Waals surface area (Å²) in [5.41, 5.74) is 4.41. The first-order valence-electron chi connectivity index (χ1n) is 6.64. The number of hydrogen-bond acceptors (Lipinski definition) is 3. The van der Waals surface area contributed by atoms with Crippen molar-refractivity contribution in [2.75, 3.05) is 5.75 Å². The molecule has 0 aliphatic rings. The van der Waals surface area contributed by atoms with Gasteiger partial charge in [0.25, 0.3) is 0 Å². The Hall–Kier alpha value is -1.01. The van der Waals surface area contributed by atoms with Crippen LogP contribution in [0, 0.1) is 0 Å². The number of nitrogens with one attached hydrogen (secondary N) is 1. The van der Waals surface area contributed by atoms with Crippen molar-refractivity contribution in [3.8, 4) is 0 Å². The fraction of sp³-hybridized carbons (Fsp3) is 0.125.